The van der Waals surface area contributed by atoms with Crippen LogP contribution in [0, 0.1) is 5.92 Å². The zero-order valence-corrected chi connectivity index (χ0v) is 15.0. The highest BCUT2D eigenvalue weighted by Crippen LogP contribution is 2.13. The number of ether oxygens (including phenoxy) is 1. The van der Waals surface area contributed by atoms with Crippen molar-refractivity contribution in [3.63, 3.8) is 0 Å². The van der Waals surface area contributed by atoms with Crippen molar-refractivity contribution < 1.29 is 13.2 Å². The van der Waals surface area contributed by atoms with Crippen LogP contribution in [0.15, 0.2) is 29.2 Å². The van der Waals surface area contributed by atoms with Gasteiger partial charge in [0.25, 0.3) is 0 Å². The molecule has 0 aliphatic heterocycles. The summed E-state index contributed by atoms with van der Waals surface area (Å²) >= 11 is 0. The molecule has 0 aliphatic carbocycles. The van der Waals surface area contributed by atoms with E-state index in [-0.39, 0.29) is 23.3 Å². The Morgan fingerprint density at radius 1 is 1.23 bits per heavy atom. The van der Waals surface area contributed by atoms with Crippen LogP contribution < -0.4 is 10.5 Å². The van der Waals surface area contributed by atoms with E-state index in [0.29, 0.717) is 19.1 Å². The average Bonchev–Trinajstić information content (AvgIpc) is 2.44. The van der Waals surface area contributed by atoms with Gasteiger partial charge >= 0.3 is 0 Å². The maximum absolute atomic E-state index is 12.3. The Kier molecular flexibility index (Phi) is 9.87. The van der Waals surface area contributed by atoms with Gasteiger partial charge < -0.3 is 10.5 Å². The Labute approximate surface area is 140 Å². The highest BCUT2D eigenvalue weighted by atomic mass is 35.5. The molecule has 1 aromatic rings. The van der Waals surface area contributed by atoms with Gasteiger partial charge in [0.1, 0.15) is 0 Å². The molecule has 22 heavy (non-hydrogen) atoms. The highest BCUT2D eigenvalue weighted by Gasteiger charge is 2.19. The summed E-state index contributed by atoms with van der Waals surface area (Å²) in [5.74, 6) is 0.387. The van der Waals surface area contributed by atoms with Crippen LogP contribution in [0.4, 0.5) is 0 Å². The molecule has 128 valence electrons. The molecule has 0 fully saturated rings. The first-order chi connectivity index (χ1) is 9.89. The van der Waals surface area contributed by atoms with Crippen molar-refractivity contribution in [1.29, 1.82) is 0 Å². The third kappa shape index (κ3) is 7.07. The molecule has 1 aromatic carbocycles. The molecule has 7 heteroatoms. The van der Waals surface area contributed by atoms with Crippen LogP contribution in [-0.4, -0.2) is 34.7 Å². The molecule has 0 aliphatic rings. The number of nitrogens with one attached hydrogen (secondary N) is 1. The van der Waals surface area contributed by atoms with Crippen molar-refractivity contribution in [2.45, 2.75) is 37.6 Å². The third-order valence-electron chi connectivity index (χ3n) is 3.19. The molecule has 0 bridgehead atoms. The summed E-state index contributed by atoms with van der Waals surface area (Å²) in [5.41, 5.74) is 6.69. The monoisotopic (exact) mass is 350 g/mol. The summed E-state index contributed by atoms with van der Waals surface area (Å²) in [6.45, 7) is 5.00. The fraction of sp³-hybridized carbons (Fsp3) is 0.600. The molecule has 1 atom stereocenters. The molecule has 1 rings (SSSR count). The minimum absolute atomic E-state index is 0. The number of halogens is 1. The minimum Gasteiger partial charge on any atom is -0.384 e. The van der Waals surface area contributed by atoms with Gasteiger partial charge in [0.2, 0.25) is 10.0 Å². The third-order valence-corrected chi connectivity index (χ3v) is 4.73. The van der Waals surface area contributed by atoms with Crippen LogP contribution in [0.2, 0.25) is 0 Å². The fourth-order valence-corrected chi connectivity index (χ4v) is 3.37. The standard InChI is InChI=1S/C15H26N2O3S.ClH/c1-12(2)10-14(11-16)17-21(18,19)15-6-4-13(5-7-15)8-9-20-3;/h4-7,12,14,17H,8-11,16H2,1-3H3;1H. The van der Waals surface area contributed by atoms with Gasteiger partial charge in [-0.1, -0.05) is 26.0 Å². The summed E-state index contributed by atoms with van der Waals surface area (Å²) in [6, 6.07) is 6.64. The molecule has 0 heterocycles. The molecule has 1 unspecified atom stereocenters. The van der Waals surface area contributed by atoms with E-state index in [1.165, 1.54) is 0 Å². The molecule has 0 spiro atoms. The summed E-state index contributed by atoms with van der Waals surface area (Å²) in [4.78, 5) is 0.269. The van der Waals surface area contributed by atoms with E-state index in [1.54, 1.807) is 19.2 Å². The first-order valence-corrected chi connectivity index (χ1v) is 8.67. The van der Waals surface area contributed by atoms with E-state index < -0.39 is 10.0 Å². The van der Waals surface area contributed by atoms with E-state index in [1.807, 2.05) is 26.0 Å². The lowest BCUT2D eigenvalue weighted by molar-refractivity contribution is 0.202. The first kappa shape index (κ1) is 21.3. The largest absolute Gasteiger partial charge is 0.384 e. The number of methoxy groups -OCH3 is 1. The van der Waals surface area contributed by atoms with Gasteiger partial charge in [-0.25, -0.2) is 13.1 Å². The van der Waals surface area contributed by atoms with E-state index in [2.05, 4.69) is 4.72 Å². The number of hydrogen-bond acceptors (Lipinski definition) is 4. The predicted octanol–water partition coefficient (Wildman–Crippen LogP) is 1.95. The van der Waals surface area contributed by atoms with Crippen molar-refractivity contribution in [3.05, 3.63) is 29.8 Å². The molecule has 5 nitrogen and oxygen atoms in total. The number of sulfonamides is 1. The van der Waals surface area contributed by atoms with E-state index in [4.69, 9.17) is 10.5 Å². The summed E-state index contributed by atoms with van der Waals surface area (Å²) in [6.07, 6.45) is 1.49. The Morgan fingerprint density at radius 3 is 2.27 bits per heavy atom. The van der Waals surface area contributed by atoms with E-state index in [0.717, 1.165) is 18.4 Å². The highest BCUT2D eigenvalue weighted by molar-refractivity contribution is 7.89. The predicted molar refractivity (Wildman–Crippen MR) is 91.9 cm³/mol. The summed E-state index contributed by atoms with van der Waals surface area (Å²) < 4.78 is 32.3. The normalized spacial score (nSPS) is 13.0. The Hall–Kier alpha value is -0.660. The Balaban J connectivity index is 0.00000441. The van der Waals surface area contributed by atoms with Gasteiger partial charge in [0, 0.05) is 19.7 Å². The van der Waals surface area contributed by atoms with Crippen molar-refractivity contribution in [3.8, 4) is 0 Å². The van der Waals surface area contributed by atoms with Crippen LogP contribution in [0.1, 0.15) is 25.8 Å². The van der Waals surface area contributed by atoms with Crippen molar-refractivity contribution in [1.82, 2.24) is 4.72 Å². The lowest BCUT2D eigenvalue weighted by Crippen LogP contribution is -2.40. The van der Waals surface area contributed by atoms with Crippen molar-refractivity contribution >= 4 is 22.4 Å². The SMILES string of the molecule is COCCc1ccc(S(=O)(=O)NC(CN)CC(C)C)cc1.Cl. The lowest BCUT2D eigenvalue weighted by Gasteiger charge is -2.19. The maximum Gasteiger partial charge on any atom is 0.240 e. The average molecular weight is 351 g/mol. The second-order valence-corrected chi connectivity index (χ2v) is 7.28. The van der Waals surface area contributed by atoms with E-state index in [9.17, 15) is 8.42 Å². The molecule has 0 radical (unpaired) electrons. The Morgan fingerprint density at radius 2 is 1.82 bits per heavy atom. The summed E-state index contributed by atoms with van der Waals surface area (Å²) in [5, 5.41) is 0. The second kappa shape index (κ2) is 10.2. The second-order valence-electron chi connectivity index (χ2n) is 5.57. The molecule has 0 saturated heterocycles. The number of hydrogen-bond donors (Lipinski definition) is 2. The minimum atomic E-state index is -3.52. The topological polar surface area (TPSA) is 81.4 Å². The van der Waals surface area contributed by atoms with Gasteiger partial charge in [-0.3, -0.25) is 0 Å². The molecule has 0 saturated carbocycles. The molecule has 0 amide bonds. The molecule has 3 N–H and O–H groups in total. The van der Waals surface area contributed by atoms with Gasteiger partial charge in [-0.15, -0.1) is 12.4 Å². The van der Waals surface area contributed by atoms with Crippen LogP contribution in [0.25, 0.3) is 0 Å². The number of nitrogens with two attached hydrogens (primary N) is 1. The summed E-state index contributed by atoms with van der Waals surface area (Å²) in [7, 11) is -1.87. The van der Waals surface area contributed by atoms with Gasteiger partial charge in [0.05, 0.1) is 11.5 Å². The quantitative estimate of drug-likeness (QED) is 0.713. The smallest absolute Gasteiger partial charge is 0.240 e. The van der Waals surface area contributed by atoms with Gasteiger partial charge in [0.15, 0.2) is 0 Å². The number of benzene rings is 1. The van der Waals surface area contributed by atoms with Crippen molar-refractivity contribution in [2.75, 3.05) is 20.3 Å². The first-order valence-electron chi connectivity index (χ1n) is 7.19. The number of rotatable bonds is 9. The lowest BCUT2D eigenvalue weighted by atomic mass is 10.1. The zero-order valence-electron chi connectivity index (χ0n) is 13.4. The van der Waals surface area contributed by atoms with Crippen LogP contribution in [0.5, 0.6) is 0 Å². The Bertz CT molecular complexity index is 518. The fourth-order valence-electron chi connectivity index (χ4n) is 2.10. The zero-order chi connectivity index (χ0) is 15.9. The maximum atomic E-state index is 12.3. The van der Waals surface area contributed by atoms with Gasteiger partial charge in [-0.05, 0) is 36.5 Å². The van der Waals surface area contributed by atoms with Crippen LogP contribution in [-0.2, 0) is 21.2 Å². The van der Waals surface area contributed by atoms with E-state index >= 15 is 0 Å². The van der Waals surface area contributed by atoms with Crippen molar-refractivity contribution in [2.24, 2.45) is 11.7 Å². The van der Waals surface area contributed by atoms with Crippen LogP contribution in [0.3, 0.4) is 0 Å². The molecular formula is C15H27ClN2O3S. The molecular weight excluding hydrogens is 324 g/mol. The van der Waals surface area contributed by atoms with Gasteiger partial charge in [-0.2, -0.15) is 0 Å². The van der Waals surface area contributed by atoms with Crippen LogP contribution >= 0.6 is 12.4 Å². The molecule has 0 aromatic heterocycles.